The van der Waals surface area contributed by atoms with Crippen LogP contribution in [0.5, 0.6) is 0 Å². The van der Waals surface area contributed by atoms with Gasteiger partial charge >= 0.3 is 0 Å². The monoisotopic (exact) mass is 522 g/mol. The highest BCUT2D eigenvalue weighted by Crippen LogP contribution is 2.41. The maximum atomic E-state index is 11.8. The predicted molar refractivity (Wildman–Crippen MR) is 138 cm³/mol. The SMILES string of the molecule is CNS(=O)(=O)c1ccc2c(c1)N(C(C)=O)CC2(C)C.CNS(=O)(=O)c1ccc2c(c1)NCC2(C)C. The van der Waals surface area contributed by atoms with Crippen molar-refractivity contribution < 1.29 is 21.6 Å². The van der Waals surface area contributed by atoms with E-state index in [0.29, 0.717) is 17.1 Å². The van der Waals surface area contributed by atoms with Crippen molar-refractivity contribution >= 4 is 37.3 Å². The van der Waals surface area contributed by atoms with Crippen LogP contribution in [-0.4, -0.2) is 49.9 Å². The van der Waals surface area contributed by atoms with E-state index in [9.17, 15) is 21.6 Å². The summed E-state index contributed by atoms with van der Waals surface area (Å²) < 4.78 is 51.5. The molecule has 0 spiro atoms. The first kappa shape index (κ1) is 27.1. The number of anilines is 2. The number of rotatable bonds is 4. The molecule has 0 bridgehead atoms. The van der Waals surface area contributed by atoms with E-state index in [-0.39, 0.29) is 21.6 Å². The fourth-order valence-electron chi connectivity index (χ4n) is 4.39. The number of hydrogen-bond donors (Lipinski definition) is 3. The van der Waals surface area contributed by atoms with Gasteiger partial charge in [-0.2, -0.15) is 0 Å². The van der Waals surface area contributed by atoms with Gasteiger partial charge in [0.15, 0.2) is 0 Å². The molecule has 2 heterocycles. The maximum absolute atomic E-state index is 11.8. The van der Waals surface area contributed by atoms with Crippen LogP contribution >= 0.6 is 0 Å². The zero-order valence-corrected chi connectivity index (χ0v) is 22.8. The molecule has 0 fully saturated rings. The van der Waals surface area contributed by atoms with E-state index < -0.39 is 20.0 Å². The number of amides is 1. The van der Waals surface area contributed by atoms with Crippen molar-refractivity contribution in [3.63, 3.8) is 0 Å². The number of benzene rings is 2. The molecule has 0 saturated heterocycles. The molecule has 2 aliphatic heterocycles. The van der Waals surface area contributed by atoms with Gasteiger partial charge in [0, 0.05) is 42.2 Å². The Morgan fingerprint density at radius 3 is 1.89 bits per heavy atom. The normalized spacial score (nSPS) is 17.6. The van der Waals surface area contributed by atoms with Crippen LogP contribution in [0.3, 0.4) is 0 Å². The summed E-state index contributed by atoms with van der Waals surface area (Å²) in [6.45, 7) is 11.3. The Morgan fingerprint density at radius 2 is 1.37 bits per heavy atom. The Morgan fingerprint density at radius 1 is 0.857 bits per heavy atom. The second-order valence-electron chi connectivity index (χ2n) is 10.0. The number of carbonyl (C=O) groups is 1. The van der Waals surface area contributed by atoms with Gasteiger partial charge in [0.1, 0.15) is 0 Å². The van der Waals surface area contributed by atoms with Crippen LogP contribution in [0.4, 0.5) is 11.4 Å². The number of nitrogens with zero attached hydrogens (tertiary/aromatic N) is 1. The Kier molecular flexibility index (Phi) is 7.13. The molecule has 11 heteroatoms. The lowest BCUT2D eigenvalue weighted by atomic mass is 9.87. The van der Waals surface area contributed by atoms with Crippen molar-refractivity contribution in [1.29, 1.82) is 0 Å². The molecule has 0 radical (unpaired) electrons. The zero-order valence-electron chi connectivity index (χ0n) is 21.2. The van der Waals surface area contributed by atoms with E-state index >= 15 is 0 Å². The summed E-state index contributed by atoms with van der Waals surface area (Å²) >= 11 is 0. The third-order valence-electron chi connectivity index (χ3n) is 6.52. The number of carbonyl (C=O) groups excluding carboxylic acids is 1. The number of fused-ring (bicyclic) bond motifs is 2. The molecular weight excluding hydrogens is 488 g/mol. The molecule has 192 valence electrons. The molecule has 0 atom stereocenters. The van der Waals surface area contributed by atoms with E-state index in [1.165, 1.54) is 26.6 Å². The molecule has 3 N–H and O–H groups in total. The minimum Gasteiger partial charge on any atom is -0.384 e. The van der Waals surface area contributed by atoms with Crippen LogP contribution in [0.25, 0.3) is 0 Å². The molecular formula is C24H34N4O5S2. The summed E-state index contributed by atoms with van der Waals surface area (Å²) in [5.41, 5.74) is 3.68. The van der Waals surface area contributed by atoms with E-state index in [1.54, 1.807) is 35.2 Å². The molecule has 35 heavy (non-hydrogen) atoms. The summed E-state index contributed by atoms with van der Waals surface area (Å²) in [6, 6.07) is 10.2. The lowest BCUT2D eigenvalue weighted by Gasteiger charge is -2.19. The summed E-state index contributed by atoms with van der Waals surface area (Å²) in [5.74, 6) is -0.0779. The van der Waals surface area contributed by atoms with Crippen LogP contribution in [0.2, 0.25) is 0 Å². The highest BCUT2D eigenvalue weighted by molar-refractivity contribution is 7.89. The van der Waals surface area contributed by atoms with Gasteiger partial charge in [-0.1, -0.05) is 39.8 Å². The molecule has 2 aromatic rings. The van der Waals surface area contributed by atoms with E-state index in [1.807, 2.05) is 19.9 Å². The molecule has 0 aliphatic carbocycles. The zero-order chi connectivity index (χ0) is 26.4. The van der Waals surface area contributed by atoms with Crippen LogP contribution in [0.15, 0.2) is 46.2 Å². The second kappa shape index (κ2) is 9.20. The van der Waals surface area contributed by atoms with Crippen molar-refractivity contribution in [3.05, 3.63) is 47.5 Å². The van der Waals surface area contributed by atoms with Crippen molar-refractivity contribution in [1.82, 2.24) is 9.44 Å². The Bertz CT molecular complexity index is 1370. The Hall–Kier alpha value is -2.47. The fraction of sp³-hybridized carbons (Fsp3) is 0.458. The summed E-state index contributed by atoms with van der Waals surface area (Å²) in [6.07, 6.45) is 0. The van der Waals surface area contributed by atoms with E-state index in [4.69, 9.17) is 0 Å². The van der Waals surface area contributed by atoms with Crippen LogP contribution < -0.4 is 19.7 Å². The fourth-order valence-corrected chi connectivity index (χ4v) is 5.90. The van der Waals surface area contributed by atoms with Crippen LogP contribution in [0, 0.1) is 0 Å². The maximum Gasteiger partial charge on any atom is 0.240 e. The molecule has 2 aliphatic rings. The first-order valence-electron chi connectivity index (χ1n) is 11.2. The van der Waals surface area contributed by atoms with E-state index in [2.05, 4.69) is 28.6 Å². The van der Waals surface area contributed by atoms with Crippen molar-refractivity contribution in [2.75, 3.05) is 37.4 Å². The molecule has 4 rings (SSSR count). The first-order chi connectivity index (χ1) is 16.1. The van der Waals surface area contributed by atoms with Crippen molar-refractivity contribution in [2.24, 2.45) is 0 Å². The van der Waals surface area contributed by atoms with E-state index in [0.717, 1.165) is 17.8 Å². The van der Waals surface area contributed by atoms with Crippen molar-refractivity contribution in [3.8, 4) is 0 Å². The molecule has 2 aromatic carbocycles. The van der Waals surface area contributed by atoms with Gasteiger partial charge in [-0.15, -0.1) is 0 Å². The number of sulfonamides is 2. The lowest BCUT2D eigenvalue weighted by Crippen LogP contribution is -2.32. The third kappa shape index (κ3) is 5.23. The number of nitrogens with one attached hydrogen (secondary N) is 3. The molecule has 0 saturated carbocycles. The minimum atomic E-state index is -3.49. The minimum absolute atomic E-state index is 0.0667. The smallest absolute Gasteiger partial charge is 0.240 e. The Labute approximate surface area is 208 Å². The highest BCUT2D eigenvalue weighted by atomic mass is 32.2. The topological polar surface area (TPSA) is 125 Å². The van der Waals surface area contributed by atoms with Gasteiger partial charge in [0.05, 0.1) is 9.79 Å². The molecule has 1 amide bonds. The number of hydrogen-bond acceptors (Lipinski definition) is 6. The average molecular weight is 523 g/mol. The van der Waals surface area contributed by atoms with Gasteiger partial charge in [-0.05, 0) is 49.5 Å². The quantitative estimate of drug-likeness (QED) is 0.567. The standard InChI is InChI=1S/C13H18N2O3S.C11H16N2O2S/c1-9(16)15-8-13(2,3)11-6-5-10(7-12(11)15)19(17,18)14-4;1-11(2)7-13-10-6-8(4-5-9(10)11)16(14,15)12-3/h5-7,14H,8H2,1-4H3;4-6,12-13H,7H2,1-3H3. The van der Waals surface area contributed by atoms with Gasteiger partial charge in [0.25, 0.3) is 0 Å². The lowest BCUT2D eigenvalue weighted by molar-refractivity contribution is -0.116. The average Bonchev–Trinajstić information content (AvgIpc) is 3.26. The second-order valence-corrected chi connectivity index (χ2v) is 13.8. The van der Waals surface area contributed by atoms with Gasteiger partial charge < -0.3 is 10.2 Å². The van der Waals surface area contributed by atoms with Gasteiger partial charge in [-0.25, -0.2) is 26.3 Å². The summed E-state index contributed by atoms with van der Waals surface area (Å²) in [7, 11) is -4.05. The molecule has 0 aromatic heterocycles. The predicted octanol–water partition coefficient (Wildman–Crippen LogP) is 2.54. The van der Waals surface area contributed by atoms with Crippen LogP contribution in [-0.2, 0) is 35.7 Å². The summed E-state index contributed by atoms with van der Waals surface area (Å²) in [4.78, 5) is 13.8. The molecule has 0 unspecified atom stereocenters. The van der Waals surface area contributed by atoms with Gasteiger partial charge in [0.2, 0.25) is 26.0 Å². The van der Waals surface area contributed by atoms with Crippen molar-refractivity contribution in [2.45, 2.75) is 55.2 Å². The Balaban J connectivity index is 0.000000198. The van der Waals surface area contributed by atoms with Gasteiger partial charge in [-0.3, -0.25) is 4.79 Å². The third-order valence-corrected chi connectivity index (χ3v) is 9.35. The largest absolute Gasteiger partial charge is 0.384 e. The first-order valence-corrected chi connectivity index (χ1v) is 14.2. The summed E-state index contributed by atoms with van der Waals surface area (Å²) in [5, 5.41) is 3.23. The molecule has 9 nitrogen and oxygen atoms in total. The highest BCUT2D eigenvalue weighted by Gasteiger charge is 2.37. The van der Waals surface area contributed by atoms with Crippen LogP contribution in [0.1, 0.15) is 45.7 Å².